The molecule has 0 aliphatic carbocycles. The Morgan fingerprint density at radius 1 is 1.22 bits per heavy atom. The average Bonchev–Trinajstić information content (AvgIpc) is 3.00. The van der Waals surface area contributed by atoms with Crippen molar-refractivity contribution in [2.45, 2.75) is 13.3 Å². The van der Waals surface area contributed by atoms with Crippen molar-refractivity contribution in [3.8, 4) is 5.75 Å². The Kier molecular flexibility index (Phi) is 3.05. The lowest BCUT2D eigenvalue weighted by atomic mass is 9.97. The van der Waals surface area contributed by atoms with Gasteiger partial charge in [0, 0.05) is 45.9 Å². The van der Waals surface area contributed by atoms with E-state index in [1.165, 1.54) is 0 Å². The maximum absolute atomic E-state index is 12.5. The molecular formula is C19H16N2O2. The molecule has 0 unspecified atom stereocenters. The fourth-order valence-corrected chi connectivity index (χ4v) is 3.23. The second-order valence-corrected chi connectivity index (χ2v) is 5.56. The quantitative estimate of drug-likeness (QED) is 0.568. The normalized spacial score (nSPS) is 11.4. The summed E-state index contributed by atoms with van der Waals surface area (Å²) in [5.74, 6) is 0.903. The van der Waals surface area contributed by atoms with Crippen molar-refractivity contribution in [3.05, 3.63) is 48.3 Å². The lowest BCUT2D eigenvalue weighted by Crippen LogP contribution is -1.98. The fraction of sp³-hybridized carbons (Fsp3) is 0.158. The molecular weight excluding hydrogens is 288 g/mol. The molecule has 0 saturated heterocycles. The first-order valence-electron chi connectivity index (χ1n) is 7.63. The van der Waals surface area contributed by atoms with Crippen LogP contribution in [-0.2, 0) is 0 Å². The summed E-state index contributed by atoms with van der Waals surface area (Å²) in [7, 11) is 1.65. The predicted molar refractivity (Wildman–Crippen MR) is 92.3 cm³/mol. The summed E-state index contributed by atoms with van der Waals surface area (Å²) in [5, 5.41) is 3.99. The molecule has 4 aromatic rings. The maximum Gasteiger partial charge on any atom is 0.163 e. The molecule has 0 amide bonds. The predicted octanol–water partition coefficient (Wildman–Crippen LogP) is 4.47. The van der Waals surface area contributed by atoms with Gasteiger partial charge >= 0.3 is 0 Å². The lowest BCUT2D eigenvalue weighted by Gasteiger charge is -2.06. The van der Waals surface area contributed by atoms with Gasteiger partial charge in [-0.1, -0.05) is 19.1 Å². The van der Waals surface area contributed by atoms with Crippen LogP contribution in [0.25, 0.3) is 32.6 Å². The van der Waals surface area contributed by atoms with Crippen molar-refractivity contribution in [3.63, 3.8) is 0 Å². The monoisotopic (exact) mass is 304 g/mol. The average molecular weight is 304 g/mol. The third kappa shape index (κ3) is 1.91. The van der Waals surface area contributed by atoms with Crippen molar-refractivity contribution >= 4 is 38.4 Å². The molecule has 0 saturated carbocycles. The smallest absolute Gasteiger partial charge is 0.163 e. The van der Waals surface area contributed by atoms with Gasteiger partial charge in [0.1, 0.15) is 5.75 Å². The molecule has 4 heteroatoms. The number of rotatable bonds is 3. The minimum absolute atomic E-state index is 0.129. The van der Waals surface area contributed by atoms with E-state index in [0.29, 0.717) is 6.42 Å². The first-order chi connectivity index (χ1) is 11.2. The summed E-state index contributed by atoms with van der Waals surface area (Å²) in [5.41, 5.74) is 2.61. The summed E-state index contributed by atoms with van der Waals surface area (Å²) in [6.45, 7) is 1.89. The fourth-order valence-electron chi connectivity index (χ4n) is 3.23. The number of fused-ring (bicyclic) bond motifs is 5. The molecule has 0 spiro atoms. The largest absolute Gasteiger partial charge is 0.495 e. The summed E-state index contributed by atoms with van der Waals surface area (Å²) in [6.07, 6.45) is 4.04. The molecule has 0 atom stereocenters. The number of hydrogen-bond donors (Lipinski definition) is 1. The molecule has 114 valence electrons. The Bertz CT molecular complexity index is 1060. The van der Waals surface area contributed by atoms with E-state index in [1.807, 2.05) is 37.3 Å². The number of methoxy groups -OCH3 is 1. The number of pyridine rings is 1. The molecule has 4 nitrogen and oxygen atoms in total. The number of hydrogen-bond acceptors (Lipinski definition) is 3. The van der Waals surface area contributed by atoms with E-state index in [-0.39, 0.29) is 5.78 Å². The van der Waals surface area contributed by atoms with Crippen LogP contribution in [0.2, 0.25) is 0 Å². The van der Waals surface area contributed by atoms with Gasteiger partial charge in [0.15, 0.2) is 5.78 Å². The van der Waals surface area contributed by atoms with Crippen molar-refractivity contribution in [1.82, 2.24) is 9.97 Å². The number of carbonyl (C=O) groups excluding carboxylic acids is 1. The SMILES string of the molecule is CCC(=O)c1cc2cnccc2c2[nH]c3c(OC)cccc3c12. The summed E-state index contributed by atoms with van der Waals surface area (Å²) in [4.78, 5) is 20.1. The number of nitrogens with zero attached hydrogens (tertiary/aromatic N) is 1. The topological polar surface area (TPSA) is 55.0 Å². The van der Waals surface area contributed by atoms with Crippen molar-refractivity contribution in [1.29, 1.82) is 0 Å². The van der Waals surface area contributed by atoms with Crippen LogP contribution in [0.15, 0.2) is 42.7 Å². The van der Waals surface area contributed by atoms with Gasteiger partial charge in [0.2, 0.25) is 0 Å². The first kappa shape index (κ1) is 13.8. The number of Topliss-reactive ketones (excluding diaryl/α,β-unsaturated/α-hetero) is 1. The minimum Gasteiger partial charge on any atom is -0.495 e. The van der Waals surface area contributed by atoms with Crippen LogP contribution in [0.5, 0.6) is 5.75 Å². The number of aromatic nitrogens is 2. The molecule has 2 heterocycles. The Morgan fingerprint density at radius 3 is 2.87 bits per heavy atom. The van der Waals surface area contributed by atoms with Crippen LogP contribution in [0.4, 0.5) is 0 Å². The number of aromatic amines is 1. The standard InChI is InChI=1S/C19H16N2O2/c1-3-15(22)14-9-11-10-20-8-7-12(11)19-17(14)13-5-4-6-16(23-2)18(13)21-19/h4-10,21H,3H2,1-2H3. The lowest BCUT2D eigenvalue weighted by molar-refractivity contribution is 0.0990. The second-order valence-electron chi connectivity index (χ2n) is 5.56. The maximum atomic E-state index is 12.5. The number of ether oxygens (including phenoxy) is 1. The Labute approximate surface area is 133 Å². The number of H-pyrrole nitrogens is 1. The molecule has 4 rings (SSSR count). The first-order valence-corrected chi connectivity index (χ1v) is 7.63. The van der Waals surface area contributed by atoms with Crippen LogP contribution < -0.4 is 4.74 Å². The van der Waals surface area contributed by atoms with Gasteiger partial charge in [-0.05, 0) is 18.2 Å². The van der Waals surface area contributed by atoms with E-state index in [9.17, 15) is 4.79 Å². The zero-order valence-corrected chi connectivity index (χ0v) is 13.0. The van der Waals surface area contributed by atoms with Gasteiger partial charge < -0.3 is 9.72 Å². The van der Waals surface area contributed by atoms with Crippen molar-refractivity contribution < 1.29 is 9.53 Å². The van der Waals surface area contributed by atoms with Crippen molar-refractivity contribution in [2.24, 2.45) is 0 Å². The minimum atomic E-state index is 0.129. The Hall–Kier alpha value is -2.88. The molecule has 0 aliphatic heterocycles. The highest BCUT2D eigenvalue weighted by molar-refractivity contribution is 6.25. The third-order valence-corrected chi connectivity index (χ3v) is 4.33. The summed E-state index contributed by atoms with van der Waals surface area (Å²) < 4.78 is 5.47. The van der Waals surface area contributed by atoms with Gasteiger partial charge in [-0.2, -0.15) is 0 Å². The van der Waals surface area contributed by atoms with Gasteiger partial charge in [0.05, 0.1) is 18.1 Å². The molecule has 1 N–H and O–H groups in total. The van der Waals surface area contributed by atoms with E-state index in [4.69, 9.17) is 4.74 Å². The molecule has 0 aliphatic rings. The van der Waals surface area contributed by atoms with E-state index in [0.717, 1.165) is 43.9 Å². The van der Waals surface area contributed by atoms with Crippen LogP contribution >= 0.6 is 0 Å². The molecule has 2 aromatic heterocycles. The molecule has 0 bridgehead atoms. The van der Waals surface area contributed by atoms with Crippen LogP contribution in [0.3, 0.4) is 0 Å². The zero-order chi connectivity index (χ0) is 16.0. The van der Waals surface area contributed by atoms with Gasteiger partial charge in [-0.15, -0.1) is 0 Å². The van der Waals surface area contributed by atoms with E-state index in [2.05, 4.69) is 9.97 Å². The van der Waals surface area contributed by atoms with Crippen LogP contribution in [-0.4, -0.2) is 22.9 Å². The molecule has 0 fully saturated rings. The second kappa shape index (κ2) is 5.09. The summed E-state index contributed by atoms with van der Waals surface area (Å²) >= 11 is 0. The van der Waals surface area contributed by atoms with Crippen LogP contribution in [0.1, 0.15) is 23.7 Å². The van der Waals surface area contributed by atoms with Gasteiger partial charge in [0.25, 0.3) is 0 Å². The highest BCUT2D eigenvalue weighted by Gasteiger charge is 2.18. The zero-order valence-electron chi connectivity index (χ0n) is 13.0. The van der Waals surface area contributed by atoms with E-state index >= 15 is 0 Å². The molecule has 0 radical (unpaired) electrons. The van der Waals surface area contributed by atoms with Gasteiger partial charge in [-0.25, -0.2) is 0 Å². The van der Waals surface area contributed by atoms with Gasteiger partial charge in [-0.3, -0.25) is 9.78 Å². The van der Waals surface area contributed by atoms with Crippen molar-refractivity contribution in [2.75, 3.05) is 7.11 Å². The number of benzene rings is 2. The van der Waals surface area contributed by atoms with Crippen LogP contribution in [0, 0.1) is 0 Å². The molecule has 2 aromatic carbocycles. The number of para-hydroxylation sites is 1. The Morgan fingerprint density at radius 2 is 2.09 bits per heavy atom. The number of nitrogens with one attached hydrogen (secondary N) is 1. The summed E-state index contributed by atoms with van der Waals surface area (Å²) in [6, 6.07) is 9.81. The highest BCUT2D eigenvalue weighted by Crippen LogP contribution is 2.37. The number of carbonyl (C=O) groups is 1. The highest BCUT2D eigenvalue weighted by atomic mass is 16.5. The molecule has 23 heavy (non-hydrogen) atoms. The Balaban J connectivity index is 2.28. The van der Waals surface area contributed by atoms with E-state index < -0.39 is 0 Å². The number of ketones is 1. The van der Waals surface area contributed by atoms with E-state index in [1.54, 1.807) is 19.5 Å². The third-order valence-electron chi connectivity index (χ3n) is 4.33.